The number of rotatable bonds is 68. The normalized spacial score (nSPS) is 14.5. The molecule has 0 spiro atoms. The number of hydrogen-bond acceptors (Lipinski definition) is 15. The van der Waals surface area contributed by atoms with Crippen LogP contribution in [0.5, 0.6) is 0 Å². The van der Waals surface area contributed by atoms with Crippen molar-refractivity contribution in [2.45, 2.75) is 369 Å². The summed E-state index contributed by atoms with van der Waals surface area (Å²) in [7, 11) is -9.89. The van der Waals surface area contributed by atoms with E-state index in [1.165, 1.54) is 154 Å². The third kappa shape index (κ3) is 63.2. The predicted molar refractivity (Wildman–Crippen MR) is 358 cm³/mol. The van der Waals surface area contributed by atoms with Gasteiger partial charge in [0.15, 0.2) is 12.2 Å². The zero-order chi connectivity index (χ0) is 65.9. The largest absolute Gasteiger partial charge is 0.472 e. The van der Waals surface area contributed by atoms with E-state index in [2.05, 4.69) is 48.5 Å². The first-order valence-corrected chi connectivity index (χ1v) is 39.4. The molecule has 0 rings (SSSR count). The lowest BCUT2D eigenvalue weighted by molar-refractivity contribution is -0.161. The summed E-state index contributed by atoms with van der Waals surface area (Å²) in [6.07, 6.45) is 44.9. The number of unbranched alkanes of at least 4 members (excludes halogenated alkanes) is 35. The van der Waals surface area contributed by atoms with Crippen molar-refractivity contribution in [1.29, 1.82) is 0 Å². The zero-order valence-electron chi connectivity index (χ0n) is 57.9. The summed E-state index contributed by atoms with van der Waals surface area (Å²) in [5.74, 6) is 0.0841. The number of carbonyl (C=O) groups is 4. The molecule has 0 saturated carbocycles. The van der Waals surface area contributed by atoms with Gasteiger partial charge in [0.1, 0.15) is 19.3 Å². The molecule has 528 valence electrons. The van der Waals surface area contributed by atoms with E-state index in [1.807, 2.05) is 0 Å². The summed E-state index contributed by atoms with van der Waals surface area (Å²) in [6, 6.07) is 0. The lowest BCUT2D eigenvalue weighted by atomic mass is 9.99. The number of phosphoric ester groups is 2. The Morgan fingerprint density at radius 2 is 0.573 bits per heavy atom. The number of ether oxygens (including phenoxy) is 4. The zero-order valence-corrected chi connectivity index (χ0v) is 59.7. The monoisotopic (exact) mass is 1310 g/mol. The molecule has 0 saturated heterocycles. The van der Waals surface area contributed by atoms with Crippen LogP contribution in [0, 0.1) is 17.8 Å². The molecule has 0 amide bonds. The van der Waals surface area contributed by atoms with Crippen molar-refractivity contribution in [3.05, 3.63) is 0 Å². The quantitative estimate of drug-likeness (QED) is 0.0222. The SMILES string of the molecule is CCCCCCCCCCCC(=O)OC[C@H](COP(=O)(O)OC[C@H](O)COP(=O)(O)OC[C@@H](COC(=O)CCCCCCCCC(C)C)OC(=O)CCCCCCCCCCCCCCCCCCCCC(C)CC)OC(=O)CCCCCCCCC(C)C. The Hall–Kier alpha value is -1.94. The second-order valence-electron chi connectivity index (χ2n) is 26.5. The number of hydrogen-bond donors (Lipinski definition) is 3. The van der Waals surface area contributed by atoms with Crippen LogP contribution < -0.4 is 0 Å². The first-order chi connectivity index (χ1) is 42.8. The molecule has 0 aliphatic carbocycles. The molecule has 19 heteroatoms. The van der Waals surface area contributed by atoms with Crippen molar-refractivity contribution in [3.8, 4) is 0 Å². The molecule has 0 fully saturated rings. The van der Waals surface area contributed by atoms with Crippen LogP contribution in [-0.2, 0) is 65.4 Å². The molecule has 3 N–H and O–H groups in total. The summed E-state index contributed by atoms with van der Waals surface area (Å²) >= 11 is 0. The molecule has 17 nitrogen and oxygen atoms in total. The van der Waals surface area contributed by atoms with Gasteiger partial charge in [0.05, 0.1) is 26.4 Å². The molecular formula is C70H136O17P2. The maximum atomic E-state index is 13.0. The van der Waals surface area contributed by atoms with Crippen molar-refractivity contribution in [1.82, 2.24) is 0 Å². The van der Waals surface area contributed by atoms with E-state index in [0.717, 1.165) is 102 Å². The molecule has 0 aromatic carbocycles. The van der Waals surface area contributed by atoms with E-state index < -0.39 is 97.5 Å². The van der Waals surface area contributed by atoms with E-state index in [-0.39, 0.29) is 25.7 Å². The maximum absolute atomic E-state index is 13.0. The Labute approximate surface area is 543 Å². The number of phosphoric acid groups is 2. The van der Waals surface area contributed by atoms with E-state index >= 15 is 0 Å². The van der Waals surface area contributed by atoms with Gasteiger partial charge in [-0.1, -0.05) is 299 Å². The summed E-state index contributed by atoms with van der Waals surface area (Å²) in [5, 5.41) is 10.6. The van der Waals surface area contributed by atoms with Gasteiger partial charge in [-0.05, 0) is 43.4 Å². The van der Waals surface area contributed by atoms with Crippen LogP contribution in [0.4, 0.5) is 0 Å². The third-order valence-corrected chi connectivity index (χ3v) is 18.4. The highest BCUT2D eigenvalue weighted by Crippen LogP contribution is 2.45. The predicted octanol–water partition coefficient (Wildman–Crippen LogP) is 19.8. The summed E-state index contributed by atoms with van der Waals surface area (Å²) in [5.41, 5.74) is 0. The van der Waals surface area contributed by atoms with E-state index in [1.54, 1.807) is 0 Å². The van der Waals surface area contributed by atoms with Gasteiger partial charge in [0.25, 0.3) is 0 Å². The average Bonchev–Trinajstić information content (AvgIpc) is 3.71. The average molecular weight is 1310 g/mol. The minimum absolute atomic E-state index is 0.102. The van der Waals surface area contributed by atoms with Gasteiger partial charge >= 0.3 is 39.5 Å². The number of carbonyl (C=O) groups excluding carboxylic acids is 4. The Balaban J connectivity index is 5.10. The van der Waals surface area contributed by atoms with Gasteiger partial charge in [0.2, 0.25) is 0 Å². The Kier molecular flexibility index (Phi) is 59.6. The van der Waals surface area contributed by atoms with Crippen LogP contribution >= 0.6 is 15.6 Å². The molecule has 3 unspecified atom stereocenters. The second-order valence-corrected chi connectivity index (χ2v) is 29.4. The number of esters is 4. The molecule has 89 heavy (non-hydrogen) atoms. The van der Waals surface area contributed by atoms with Crippen LogP contribution in [0.3, 0.4) is 0 Å². The minimum Gasteiger partial charge on any atom is -0.462 e. The van der Waals surface area contributed by atoms with Gasteiger partial charge in [-0.25, -0.2) is 9.13 Å². The molecule has 0 heterocycles. The molecule has 0 aliphatic rings. The third-order valence-electron chi connectivity index (χ3n) is 16.5. The van der Waals surface area contributed by atoms with Gasteiger partial charge in [-0.2, -0.15) is 0 Å². The fourth-order valence-electron chi connectivity index (χ4n) is 10.5. The van der Waals surface area contributed by atoms with Crippen molar-refractivity contribution >= 4 is 39.5 Å². The highest BCUT2D eigenvalue weighted by atomic mass is 31.2. The number of aliphatic hydroxyl groups is 1. The smallest absolute Gasteiger partial charge is 0.462 e. The molecule has 0 aliphatic heterocycles. The highest BCUT2D eigenvalue weighted by Gasteiger charge is 2.30. The fraction of sp³-hybridized carbons (Fsp3) is 0.943. The summed E-state index contributed by atoms with van der Waals surface area (Å²) in [6.45, 7) is 11.7. The first kappa shape index (κ1) is 87.1. The number of aliphatic hydroxyl groups excluding tert-OH is 1. The second kappa shape index (κ2) is 61.0. The molecule has 0 aromatic heterocycles. The lowest BCUT2D eigenvalue weighted by Gasteiger charge is -2.21. The summed E-state index contributed by atoms with van der Waals surface area (Å²) in [4.78, 5) is 72.3. The Morgan fingerprint density at radius 1 is 0.326 bits per heavy atom. The van der Waals surface area contributed by atoms with Crippen LogP contribution in [0.1, 0.15) is 350 Å². The van der Waals surface area contributed by atoms with Crippen LogP contribution in [-0.4, -0.2) is 96.7 Å². The highest BCUT2D eigenvalue weighted by molar-refractivity contribution is 7.47. The van der Waals surface area contributed by atoms with E-state index in [4.69, 9.17) is 37.0 Å². The van der Waals surface area contributed by atoms with Crippen molar-refractivity contribution in [2.24, 2.45) is 17.8 Å². The van der Waals surface area contributed by atoms with Gasteiger partial charge < -0.3 is 33.8 Å². The standard InChI is InChI=1S/C70H136O17P2/c1-8-10-11-12-13-24-28-37-44-51-67(72)80-57-66(87-70(75)54-47-40-33-31-35-42-49-62(5)6)60-85-89(78,79)83-56-64(71)55-82-88(76,77)84-59-65(58-81-68(73)52-45-38-32-30-34-41-48-61(3)4)86-69(74)53-46-39-29-26-23-21-19-17-15-14-16-18-20-22-25-27-36-43-50-63(7)9-2/h61-66,71H,8-60H2,1-7H3,(H,76,77)(H,78,79)/t63?,64-,65-,66-/m1/s1. The maximum Gasteiger partial charge on any atom is 0.472 e. The van der Waals surface area contributed by atoms with Crippen LogP contribution in [0.2, 0.25) is 0 Å². The van der Waals surface area contributed by atoms with E-state index in [0.29, 0.717) is 37.5 Å². The molecule has 0 aromatic rings. The first-order valence-electron chi connectivity index (χ1n) is 36.4. The van der Waals surface area contributed by atoms with Crippen molar-refractivity contribution in [2.75, 3.05) is 39.6 Å². The lowest BCUT2D eigenvalue weighted by Crippen LogP contribution is -2.30. The van der Waals surface area contributed by atoms with Crippen LogP contribution in [0.15, 0.2) is 0 Å². The topological polar surface area (TPSA) is 237 Å². The Bertz CT molecular complexity index is 1750. The fourth-order valence-corrected chi connectivity index (χ4v) is 12.1. The van der Waals surface area contributed by atoms with Crippen LogP contribution in [0.25, 0.3) is 0 Å². The van der Waals surface area contributed by atoms with E-state index in [9.17, 15) is 43.2 Å². The minimum atomic E-state index is -4.95. The van der Waals surface area contributed by atoms with Gasteiger partial charge in [-0.15, -0.1) is 0 Å². The summed E-state index contributed by atoms with van der Waals surface area (Å²) < 4.78 is 68.1. The van der Waals surface area contributed by atoms with Crippen molar-refractivity contribution in [3.63, 3.8) is 0 Å². The van der Waals surface area contributed by atoms with Crippen molar-refractivity contribution < 1.29 is 80.2 Å². The van der Waals surface area contributed by atoms with Gasteiger partial charge in [0, 0.05) is 25.7 Å². The molecular weight excluding hydrogens is 1170 g/mol. The van der Waals surface area contributed by atoms with Gasteiger partial charge in [-0.3, -0.25) is 37.3 Å². The molecule has 0 radical (unpaired) electrons. The Morgan fingerprint density at radius 3 is 0.854 bits per heavy atom. The molecule has 6 atom stereocenters. The molecule has 0 bridgehead atoms.